The number of rotatable bonds is 4. The zero-order chi connectivity index (χ0) is 11.1. The molecule has 1 N–H and O–H groups in total. The number of anilines is 1. The Morgan fingerprint density at radius 1 is 1.27 bits per heavy atom. The Morgan fingerprint density at radius 3 is 2.47 bits per heavy atom. The van der Waals surface area contributed by atoms with Crippen LogP contribution in [0.25, 0.3) is 0 Å². The second-order valence-electron chi connectivity index (χ2n) is 3.31. The van der Waals surface area contributed by atoms with Crippen molar-refractivity contribution in [2.24, 2.45) is 0 Å². The Bertz CT molecular complexity index is 341. The summed E-state index contributed by atoms with van der Waals surface area (Å²) in [7, 11) is 0. The van der Waals surface area contributed by atoms with Crippen molar-refractivity contribution >= 4 is 11.6 Å². The van der Waals surface area contributed by atoms with Crippen LogP contribution in [0.5, 0.6) is 0 Å². The molecule has 1 amide bonds. The van der Waals surface area contributed by atoms with E-state index in [1.807, 2.05) is 50.3 Å². The lowest BCUT2D eigenvalue weighted by Gasteiger charge is -2.06. The first-order valence-corrected chi connectivity index (χ1v) is 5.33. The number of allylic oxidation sites excluding steroid dienone is 1. The Balaban J connectivity index is 2.67. The van der Waals surface area contributed by atoms with E-state index in [4.69, 9.17) is 0 Å². The summed E-state index contributed by atoms with van der Waals surface area (Å²) >= 11 is 0. The maximum absolute atomic E-state index is 11.8. The van der Waals surface area contributed by atoms with Crippen LogP contribution in [-0.4, -0.2) is 5.91 Å². The molecule has 0 unspecified atom stereocenters. The number of benzene rings is 1. The van der Waals surface area contributed by atoms with Gasteiger partial charge in [-0.2, -0.15) is 0 Å². The van der Waals surface area contributed by atoms with Crippen LogP contribution in [0, 0.1) is 0 Å². The number of para-hydroxylation sites is 1. The molecule has 0 bridgehead atoms. The van der Waals surface area contributed by atoms with Crippen molar-refractivity contribution in [1.29, 1.82) is 0 Å². The lowest BCUT2D eigenvalue weighted by Crippen LogP contribution is -2.13. The highest BCUT2D eigenvalue weighted by Gasteiger charge is 2.06. The standard InChI is InChI=1S/C13H17NO/c1-3-8-11(4-2)13(15)14-12-9-6-5-7-10-12/h5-10H,3-4H2,1-2H3,(H,14,15)/b11-8-. The van der Waals surface area contributed by atoms with Gasteiger partial charge in [0.2, 0.25) is 0 Å². The topological polar surface area (TPSA) is 29.1 Å². The predicted octanol–water partition coefficient (Wildman–Crippen LogP) is 3.37. The zero-order valence-electron chi connectivity index (χ0n) is 9.29. The van der Waals surface area contributed by atoms with E-state index in [0.717, 1.165) is 24.1 Å². The molecular weight excluding hydrogens is 186 g/mol. The highest BCUT2D eigenvalue weighted by molar-refractivity contribution is 6.03. The molecule has 0 atom stereocenters. The molecule has 80 valence electrons. The Kier molecular flexibility index (Phi) is 4.61. The summed E-state index contributed by atoms with van der Waals surface area (Å²) in [6.07, 6.45) is 3.64. The maximum atomic E-state index is 11.8. The number of hydrogen-bond donors (Lipinski definition) is 1. The third-order valence-corrected chi connectivity index (χ3v) is 2.15. The first-order chi connectivity index (χ1) is 7.27. The van der Waals surface area contributed by atoms with Gasteiger partial charge < -0.3 is 5.32 Å². The molecular formula is C13H17NO. The second kappa shape index (κ2) is 6.02. The van der Waals surface area contributed by atoms with Crippen molar-refractivity contribution in [2.45, 2.75) is 26.7 Å². The number of amides is 1. The van der Waals surface area contributed by atoms with Gasteiger partial charge in [-0.25, -0.2) is 0 Å². The largest absolute Gasteiger partial charge is 0.322 e. The van der Waals surface area contributed by atoms with Gasteiger partial charge in [-0.15, -0.1) is 0 Å². The predicted molar refractivity (Wildman–Crippen MR) is 63.7 cm³/mol. The molecule has 0 aromatic heterocycles. The zero-order valence-corrected chi connectivity index (χ0v) is 9.29. The van der Waals surface area contributed by atoms with Gasteiger partial charge in [0.25, 0.3) is 5.91 Å². The van der Waals surface area contributed by atoms with Gasteiger partial charge in [0.05, 0.1) is 0 Å². The Morgan fingerprint density at radius 2 is 1.93 bits per heavy atom. The molecule has 0 aliphatic heterocycles. The first kappa shape index (κ1) is 11.5. The molecule has 0 saturated heterocycles. The molecule has 2 nitrogen and oxygen atoms in total. The smallest absolute Gasteiger partial charge is 0.251 e. The summed E-state index contributed by atoms with van der Waals surface area (Å²) < 4.78 is 0. The summed E-state index contributed by atoms with van der Waals surface area (Å²) in [6, 6.07) is 9.52. The molecule has 0 heterocycles. The highest BCUT2D eigenvalue weighted by Crippen LogP contribution is 2.09. The van der Waals surface area contributed by atoms with Gasteiger partial charge in [-0.3, -0.25) is 4.79 Å². The van der Waals surface area contributed by atoms with Gasteiger partial charge >= 0.3 is 0 Å². The van der Waals surface area contributed by atoms with Crippen LogP contribution in [0.4, 0.5) is 5.69 Å². The van der Waals surface area contributed by atoms with Crippen LogP contribution in [0.2, 0.25) is 0 Å². The third kappa shape index (κ3) is 3.58. The highest BCUT2D eigenvalue weighted by atomic mass is 16.1. The van der Waals surface area contributed by atoms with Crippen LogP contribution < -0.4 is 5.32 Å². The fourth-order valence-corrected chi connectivity index (χ4v) is 1.38. The van der Waals surface area contributed by atoms with Gasteiger partial charge in [0.1, 0.15) is 0 Å². The molecule has 0 saturated carbocycles. The molecule has 2 heteroatoms. The van der Waals surface area contributed by atoms with E-state index < -0.39 is 0 Å². The van der Waals surface area contributed by atoms with E-state index in [1.165, 1.54) is 0 Å². The van der Waals surface area contributed by atoms with E-state index in [1.54, 1.807) is 0 Å². The van der Waals surface area contributed by atoms with Crippen LogP contribution in [0.3, 0.4) is 0 Å². The fraction of sp³-hybridized carbons (Fsp3) is 0.308. The van der Waals surface area contributed by atoms with Crippen LogP contribution >= 0.6 is 0 Å². The third-order valence-electron chi connectivity index (χ3n) is 2.15. The second-order valence-corrected chi connectivity index (χ2v) is 3.31. The summed E-state index contributed by atoms with van der Waals surface area (Å²) in [4.78, 5) is 11.8. The summed E-state index contributed by atoms with van der Waals surface area (Å²) in [6.45, 7) is 4.03. The van der Waals surface area contributed by atoms with Crippen molar-refractivity contribution in [1.82, 2.24) is 0 Å². The summed E-state index contributed by atoms with van der Waals surface area (Å²) in [5, 5.41) is 2.87. The number of nitrogens with one attached hydrogen (secondary N) is 1. The molecule has 0 spiro atoms. The maximum Gasteiger partial charge on any atom is 0.251 e. The van der Waals surface area contributed by atoms with Crippen molar-refractivity contribution in [3.05, 3.63) is 42.0 Å². The van der Waals surface area contributed by atoms with Crippen molar-refractivity contribution in [3.8, 4) is 0 Å². The lowest BCUT2D eigenvalue weighted by atomic mass is 10.1. The molecule has 1 rings (SSSR count). The fourth-order valence-electron chi connectivity index (χ4n) is 1.38. The quantitative estimate of drug-likeness (QED) is 0.747. The minimum Gasteiger partial charge on any atom is -0.322 e. The monoisotopic (exact) mass is 203 g/mol. The van der Waals surface area contributed by atoms with E-state index in [2.05, 4.69) is 5.32 Å². The molecule has 1 aromatic rings. The van der Waals surface area contributed by atoms with Crippen molar-refractivity contribution < 1.29 is 4.79 Å². The number of hydrogen-bond acceptors (Lipinski definition) is 1. The Labute approximate surface area is 91.0 Å². The van der Waals surface area contributed by atoms with Crippen LogP contribution in [0.1, 0.15) is 26.7 Å². The van der Waals surface area contributed by atoms with Gasteiger partial charge in [-0.1, -0.05) is 38.1 Å². The lowest BCUT2D eigenvalue weighted by molar-refractivity contribution is -0.113. The first-order valence-electron chi connectivity index (χ1n) is 5.33. The average molecular weight is 203 g/mol. The van der Waals surface area contributed by atoms with E-state index in [9.17, 15) is 4.79 Å². The molecule has 1 aromatic carbocycles. The van der Waals surface area contributed by atoms with Crippen molar-refractivity contribution in [3.63, 3.8) is 0 Å². The van der Waals surface area contributed by atoms with Crippen LogP contribution in [0.15, 0.2) is 42.0 Å². The minimum absolute atomic E-state index is 0.00514. The molecule has 0 radical (unpaired) electrons. The molecule has 15 heavy (non-hydrogen) atoms. The van der Waals surface area contributed by atoms with E-state index in [-0.39, 0.29) is 5.91 Å². The minimum atomic E-state index is 0.00514. The van der Waals surface area contributed by atoms with Gasteiger partial charge in [0, 0.05) is 11.3 Å². The normalized spacial score (nSPS) is 11.2. The number of carbonyl (C=O) groups excluding carboxylic acids is 1. The van der Waals surface area contributed by atoms with Crippen LogP contribution in [-0.2, 0) is 4.79 Å². The van der Waals surface area contributed by atoms with Crippen molar-refractivity contribution in [2.75, 3.05) is 5.32 Å². The summed E-state index contributed by atoms with van der Waals surface area (Å²) in [5.74, 6) is 0.00514. The average Bonchev–Trinajstić information content (AvgIpc) is 2.27. The summed E-state index contributed by atoms with van der Waals surface area (Å²) in [5.41, 5.74) is 1.69. The number of carbonyl (C=O) groups is 1. The van der Waals surface area contributed by atoms with E-state index >= 15 is 0 Å². The SMILES string of the molecule is CC/C=C(/CC)C(=O)Nc1ccccc1. The van der Waals surface area contributed by atoms with Gasteiger partial charge in [0.15, 0.2) is 0 Å². The van der Waals surface area contributed by atoms with Gasteiger partial charge in [-0.05, 0) is 25.0 Å². The molecule has 0 fully saturated rings. The Hall–Kier alpha value is -1.57. The molecule has 0 aliphatic rings. The molecule has 0 aliphatic carbocycles. The van der Waals surface area contributed by atoms with E-state index in [0.29, 0.717) is 0 Å².